The summed E-state index contributed by atoms with van der Waals surface area (Å²) in [6.45, 7) is 2.16. The molecule has 0 saturated carbocycles. The minimum absolute atomic E-state index is 0.0168. The highest BCUT2D eigenvalue weighted by molar-refractivity contribution is 5.88. The molecule has 18 heavy (non-hydrogen) atoms. The number of hydrogen-bond donors (Lipinski definition) is 1. The van der Waals surface area contributed by atoms with Crippen LogP contribution in [0.25, 0.3) is 16.7 Å². The van der Waals surface area contributed by atoms with E-state index in [0.717, 1.165) is 5.39 Å². The fraction of sp³-hybridized carbons (Fsp3) is 0.273. The van der Waals surface area contributed by atoms with Crippen molar-refractivity contribution in [1.82, 2.24) is 29.4 Å². The molecule has 1 N–H and O–H groups in total. The number of nitrogens with zero attached hydrogens (tertiary/aromatic N) is 6. The Labute approximate surface area is 102 Å². The highest BCUT2D eigenvalue weighted by atomic mass is 16.3. The molecule has 0 fully saturated rings. The van der Waals surface area contributed by atoms with E-state index >= 15 is 0 Å². The molecule has 3 rings (SSSR count). The highest BCUT2D eigenvalue weighted by Gasteiger charge is 2.11. The van der Waals surface area contributed by atoms with Crippen LogP contribution in [0.4, 0.5) is 0 Å². The molecular formula is C11H10N6O. The lowest BCUT2D eigenvalue weighted by molar-refractivity contribution is 0.271. The summed E-state index contributed by atoms with van der Waals surface area (Å²) < 4.78 is 3.21. The molecule has 0 radical (unpaired) electrons. The van der Waals surface area contributed by atoms with Crippen LogP contribution in [-0.2, 0) is 6.54 Å². The van der Waals surface area contributed by atoms with Gasteiger partial charge in [-0.2, -0.15) is 10.1 Å². The molecule has 0 bridgehead atoms. The van der Waals surface area contributed by atoms with E-state index in [4.69, 9.17) is 5.11 Å². The average Bonchev–Trinajstić information content (AvgIpc) is 2.93. The normalized spacial score (nSPS) is 10.8. The van der Waals surface area contributed by atoms with Gasteiger partial charge in [0, 0.05) is 0 Å². The Balaban J connectivity index is 2.28. The van der Waals surface area contributed by atoms with Gasteiger partial charge >= 0.3 is 0 Å². The number of aliphatic hydroxyl groups is 1. The monoisotopic (exact) mass is 242 g/mol. The lowest BCUT2D eigenvalue weighted by Crippen LogP contribution is -2.04. The van der Waals surface area contributed by atoms with Crippen molar-refractivity contribution < 1.29 is 5.11 Å². The zero-order chi connectivity index (χ0) is 12.5. The molecule has 0 aliphatic heterocycles. The Morgan fingerprint density at radius 1 is 1.39 bits per heavy atom. The van der Waals surface area contributed by atoms with Gasteiger partial charge in [0.25, 0.3) is 0 Å². The molecule has 0 aliphatic rings. The van der Waals surface area contributed by atoms with Gasteiger partial charge < -0.3 is 5.11 Å². The molecule has 7 heteroatoms. The second kappa shape index (κ2) is 4.09. The zero-order valence-electron chi connectivity index (χ0n) is 9.70. The molecule has 0 saturated heterocycles. The van der Waals surface area contributed by atoms with Gasteiger partial charge in [-0.25, -0.2) is 14.2 Å². The number of hydrogen-bond acceptors (Lipinski definition) is 5. The first-order chi connectivity index (χ1) is 8.83. The van der Waals surface area contributed by atoms with E-state index in [9.17, 15) is 0 Å². The van der Waals surface area contributed by atoms with Crippen molar-refractivity contribution in [3.63, 3.8) is 0 Å². The fourth-order valence-electron chi connectivity index (χ4n) is 1.79. The summed E-state index contributed by atoms with van der Waals surface area (Å²) in [5.74, 6) is 6.02. The number of aromatic nitrogens is 6. The van der Waals surface area contributed by atoms with Crippen molar-refractivity contribution in [3.8, 4) is 11.8 Å². The van der Waals surface area contributed by atoms with E-state index in [1.54, 1.807) is 28.6 Å². The maximum atomic E-state index is 8.94. The zero-order valence-corrected chi connectivity index (χ0v) is 9.70. The second-order valence-electron chi connectivity index (χ2n) is 3.65. The second-order valence-corrected chi connectivity index (χ2v) is 3.65. The Hall–Kier alpha value is -2.46. The van der Waals surface area contributed by atoms with Crippen molar-refractivity contribution in [3.05, 3.63) is 18.3 Å². The quantitative estimate of drug-likeness (QED) is 0.631. The predicted octanol–water partition coefficient (Wildman–Crippen LogP) is -0.162. The molecule has 90 valence electrons. The SMILES string of the molecule is CC#Cc1nc2c3cnn(CCO)c3ncn2n1. The van der Waals surface area contributed by atoms with Crippen LogP contribution in [0.3, 0.4) is 0 Å². The number of rotatable bonds is 2. The maximum Gasteiger partial charge on any atom is 0.226 e. The number of fused-ring (bicyclic) bond motifs is 3. The molecule has 7 nitrogen and oxygen atoms in total. The van der Waals surface area contributed by atoms with Crippen molar-refractivity contribution in [1.29, 1.82) is 0 Å². The van der Waals surface area contributed by atoms with Crippen LogP contribution in [0.5, 0.6) is 0 Å². The van der Waals surface area contributed by atoms with Crippen LogP contribution >= 0.6 is 0 Å². The third kappa shape index (κ3) is 1.51. The molecular weight excluding hydrogens is 232 g/mol. The summed E-state index contributed by atoms with van der Waals surface area (Å²) in [7, 11) is 0. The van der Waals surface area contributed by atoms with E-state index in [1.807, 2.05) is 0 Å². The molecule has 0 atom stereocenters. The largest absolute Gasteiger partial charge is 0.394 e. The van der Waals surface area contributed by atoms with Crippen LogP contribution in [0.1, 0.15) is 12.7 Å². The lowest BCUT2D eigenvalue weighted by atomic mass is 10.4. The van der Waals surface area contributed by atoms with Gasteiger partial charge in [-0.3, -0.25) is 0 Å². The summed E-state index contributed by atoms with van der Waals surface area (Å²) in [4.78, 5) is 8.59. The third-order valence-corrected chi connectivity index (χ3v) is 2.52. The van der Waals surface area contributed by atoms with E-state index in [2.05, 4.69) is 32.0 Å². The van der Waals surface area contributed by atoms with Gasteiger partial charge in [0.2, 0.25) is 5.82 Å². The molecule has 0 amide bonds. The highest BCUT2D eigenvalue weighted by Crippen LogP contribution is 2.15. The molecule has 3 aromatic heterocycles. The van der Waals surface area contributed by atoms with Gasteiger partial charge in [-0.1, -0.05) is 5.92 Å². The molecule has 0 aromatic carbocycles. The first kappa shape index (κ1) is 10.7. The van der Waals surface area contributed by atoms with E-state index < -0.39 is 0 Å². The Morgan fingerprint density at radius 3 is 3.06 bits per heavy atom. The van der Waals surface area contributed by atoms with Crippen LogP contribution in [0, 0.1) is 11.8 Å². The summed E-state index contributed by atoms with van der Waals surface area (Å²) >= 11 is 0. The summed E-state index contributed by atoms with van der Waals surface area (Å²) in [6.07, 6.45) is 3.24. The first-order valence-electron chi connectivity index (χ1n) is 5.44. The van der Waals surface area contributed by atoms with Gasteiger partial charge in [-0.05, 0) is 12.8 Å². The van der Waals surface area contributed by atoms with Gasteiger partial charge in [0.05, 0.1) is 24.7 Å². The lowest BCUT2D eigenvalue weighted by Gasteiger charge is -1.98. The van der Waals surface area contributed by atoms with Crippen LogP contribution in [-0.4, -0.2) is 41.1 Å². The number of aliphatic hydroxyl groups excluding tert-OH is 1. The molecule has 3 heterocycles. The maximum absolute atomic E-state index is 8.94. The first-order valence-corrected chi connectivity index (χ1v) is 5.44. The fourth-order valence-corrected chi connectivity index (χ4v) is 1.79. The summed E-state index contributed by atoms with van der Waals surface area (Å²) in [6, 6.07) is 0. The van der Waals surface area contributed by atoms with Crippen molar-refractivity contribution in [2.45, 2.75) is 13.5 Å². The van der Waals surface area contributed by atoms with Crippen molar-refractivity contribution in [2.75, 3.05) is 6.61 Å². The summed E-state index contributed by atoms with van der Waals surface area (Å²) in [5.41, 5.74) is 1.35. The molecule has 0 aliphatic carbocycles. The molecule has 0 unspecified atom stereocenters. The average molecular weight is 242 g/mol. The Bertz CT molecular complexity index is 775. The summed E-state index contributed by atoms with van der Waals surface area (Å²) in [5, 5.41) is 18.1. The van der Waals surface area contributed by atoms with Gasteiger partial charge in [-0.15, -0.1) is 5.10 Å². The standard InChI is InChI=1S/C11H10N6O/c1-2-3-9-14-11-8-6-13-16(4-5-18)10(8)12-7-17(11)15-9/h6-7,18H,4-5H2,1H3. The minimum atomic E-state index is 0.0168. The van der Waals surface area contributed by atoms with Gasteiger partial charge in [0.1, 0.15) is 6.33 Å². The van der Waals surface area contributed by atoms with Crippen molar-refractivity contribution in [2.24, 2.45) is 0 Å². The smallest absolute Gasteiger partial charge is 0.226 e. The Kier molecular flexibility index (Phi) is 2.42. The predicted molar refractivity (Wildman–Crippen MR) is 63.7 cm³/mol. The van der Waals surface area contributed by atoms with E-state index in [1.165, 1.54) is 0 Å². The van der Waals surface area contributed by atoms with Gasteiger partial charge in [0.15, 0.2) is 11.3 Å². The third-order valence-electron chi connectivity index (χ3n) is 2.52. The van der Waals surface area contributed by atoms with Crippen LogP contribution in [0.2, 0.25) is 0 Å². The Morgan fingerprint density at radius 2 is 2.28 bits per heavy atom. The molecule has 3 aromatic rings. The topological polar surface area (TPSA) is 81.1 Å². The molecule has 0 spiro atoms. The van der Waals surface area contributed by atoms with E-state index in [-0.39, 0.29) is 6.61 Å². The van der Waals surface area contributed by atoms with Crippen LogP contribution < -0.4 is 0 Å². The van der Waals surface area contributed by atoms with Crippen molar-refractivity contribution >= 4 is 16.7 Å². The van der Waals surface area contributed by atoms with E-state index in [0.29, 0.717) is 23.7 Å². The van der Waals surface area contributed by atoms with Crippen LogP contribution in [0.15, 0.2) is 12.5 Å². The minimum Gasteiger partial charge on any atom is -0.394 e.